The topological polar surface area (TPSA) is 48.5 Å². The minimum Gasteiger partial charge on any atom is -0.367 e. The number of carbonyl (C=O) groups is 1. The average Bonchev–Trinajstić information content (AvgIpc) is 3.12. The molecule has 0 saturated carbocycles. The lowest BCUT2D eigenvalue weighted by atomic mass is 10.2. The summed E-state index contributed by atoms with van der Waals surface area (Å²) in [7, 11) is 2.12. The third-order valence-corrected chi connectivity index (χ3v) is 6.51. The van der Waals surface area contributed by atoms with Gasteiger partial charge in [-0.2, -0.15) is 0 Å². The van der Waals surface area contributed by atoms with Crippen LogP contribution in [0.15, 0.2) is 48.5 Å². The molecule has 1 fully saturated rings. The highest BCUT2D eigenvalue weighted by atomic mass is 35.5. The van der Waals surface area contributed by atoms with E-state index in [9.17, 15) is 4.79 Å². The fourth-order valence-electron chi connectivity index (χ4n) is 3.42. The van der Waals surface area contributed by atoms with Crippen LogP contribution >= 0.6 is 22.9 Å². The first-order valence-electron chi connectivity index (χ1n) is 9.58. The first-order chi connectivity index (χ1) is 14.0. The van der Waals surface area contributed by atoms with Gasteiger partial charge in [-0.15, -0.1) is 11.3 Å². The summed E-state index contributed by atoms with van der Waals surface area (Å²) in [4.78, 5) is 22.9. The van der Waals surface area contributed by atoms with E-state index < -0.39 is 0 Å². The number of nitrogens with one attached hydrogen (secondary N) is 1. The van der Waals surface area contributed by atoms with Crippen LogP contribution in [-0.2, 0) is 0 Å². The van der Waals surface area contributed by atoms with Crippen molar-refractivity contribution in [2.24, 2.45) is 0 Å². The lowest BCUT2D eigenvalue weighted by Crippen LogP contribution is -2.44. The Labute approximate surface area is 179 Å². The fourth-order valence-corrected chi connectivity index (χ4v) is 4.56. The number of benzene rings is 2. The van der Waals surface area contributed by atoms with Gasteiger partial charge in [0.2, 0.25) is 0 Å². The summed E-state index contributed by atoms with van der Waals surface area (Å²) in [5, 5.41) is 4.52. The van der Waals surface area contributed by atoms with Crippen LogP contribution in [-0.4, -0.2) is 49.0 Å². The molecular weight excluding hydrogens is 404 g/mol. The van der Waals surface area contributed by atoms with Crippen LogP contribution in [0.1, 0.15) is 15.4 Å². The predicted octanol–water partition coefficient (Wildman–Crippen LogP) is 4.78. The van der Waals surface area contributed by atoms with Gasteiger partial charge in [-0.25, -0.2) is 4.98 Å². The third kappa shape index (κ3) is 4.45. The molecule has 1 aromatic heterocycles. The van der Waals surface area contributed by atoms with Gasteiger partial charge in [0, 0.05) is 36.8 Å². The monoisotopic (exact) mass is 426 g/mol. The molecule has 0 spiro atoms. The van der Waals surface area contributed by atoms with Crippen molar-refractivity contribution < 1.29 is 4.79 Å². The molecule has 1 amide bonds. The Hall–Kier alpha value is -2.41. The number of carbonyl (C=O) groups excluding carboxylic acids is 1. The van der Waals surface area contributed by atoms with Gasteiger partial charge >= 0.3 is 0 Å². The number of thiazole rings is 1. The summed E-state index contributed by atoms with van der Waals surface area (Å²) in [5.74, 6) is -0.153. The Morgan fingerprint density at radius 1 is 1.10 bits per heavy atom. The maximum atomic E-state index is 13.1. The molecule has 3 aromatic rings. The van der Waals surface area contributed by atoms with E-state index in [1.165, 1.54) is 11.3 Å². The number of anilines is 2. The van der Waals surface area contributed by atoms with E-state index in [4.69, 9.17) is 11.6 Å². The maximum Gasteiger partial charge on any atom is 0.267 e. The Bertz CT molecular complexity index is 1010. The molecule has 1 saturated heterocycles. The molecule has 2 aromatic carbocycles. The van der Waals surface area contributed by atoms with Gasteiger partial charge < -0.3 is 15.1 Å². The van der Waals surface area contributed by atoms with Gasteiger partial charge in [0.05, 0.1) is 17.1 Å². The molecule has 1 aliphatic rings. The summed E-state index contributed by atoms with van der Waals surface area (Å²) in [5.41, 5.74) is 3.48. The zero-order valence-corrected chi connectivity index (χ0v) is 18.1. The zero-order valence-electron chi connectivity index (χ0n) is 16.5. The highest BCUT2D eigenvalue weighted by Crippen LogP contribution is 2.32. The number of nitrogens with zero attached hydrogens (tertiary/aromatic N) is 3. The van der Waals surface area contributed by atoms with Crippen molar-refractivity contribution in [2.45, 2.75) is 6.92 Å². The third-order valence-electron chi connectivity index (χ3n) is 5.07. The number of halogens is 1. The molecule has 0 unspecified atom stereocenters. The zero-order chi connectivity index (χ0) is 20.4. The molecule has 5 nitrogen and oxygen atoms in total. The van der Waals surface area contributed by atoms with Crippen LogP contribution in [0.25, 0.3) is 10.6 Å². The van der Waals surface area contributed by atoms with Crippen LogP contribution in [0, 0.1) is 6.92 Å². The second-order valence-electron chi connectivity index (χ2n) is 7.21. The van der Waals surface area contributed by atoms with Crippen LogP contribution in [0.4, 0.5) is 11.4 Å². The van der Waals surface area contributed by atoms with Gasteiger partial charge in [-0.3, -0.25) is 4.79 Å². The normalized spacial score (nSPS) is 14.8. The smallest absolute Gasteiger partial charge is 0.267 e. The van der Waals surface area contributed by atoms with Crippen LogP contribution in [0.2, 0.25) is 5.02 Å². The number of amides is 1. The molecule has 2 heterocycles. The first kappa shape index (κ1) is 19.9. The molecule has 1 aliphatic heterocycles. The second-order valence-corrected chi connectivity index (χ2v) is 8.64. The van der Waals surface area contributed by atoms with E-state index in [1.807, 2.05) is 55.5 Å². The van der Waals surface area contributed by atoms with Gasteiger partial charge in [-0.1, -0.05) is 41.9 Å². The molecule has 0 atom stereocenters. The van der Waals surface area contributed by atoms with Gasteiger partial charge in [0.15, 0.2) is 0 Å². The van der Waals surface area contributed by atoms with E-state index >= 15 is 0 Å². The maximum absolute atomic E-state index is 13.1. The molecule has 0 aliphatic carbocycles. The molecule has 0 radical (unpaired) electrons. The van der Waals surface area contributed by atoms with E-state index in [0.717, 1.165) is 53.8 Å². The quantitative estimate of drug-likeness (QED) is 0.652. The second kappa shape index (κ2) is 8.53. The highest BCUT2D eigenvalue weighted by Gasteiger charge is 2.21. The largest absolute Gasteiger partial charge is 0.367 e. The summed E-state index contributed by atoms with van der Waals surface area (Å²) in [6.07, 6.45) is 0. The standard InChI is InChI=1S/C22H23ClN4OS/c1-15-20(29-22(24-15)16-6-4-3-5-7-16)21(28)25-18-14-17(23)8-9-19(18)27-12-10-26(2)11-13-27/h3-9,14H,10-13H2,1-2H3,(H,25,28). The van der Waals surface area contributed by atoms with E-state index in [-0.39, 0.29) is 5.91 Å². The van der Waals surface area contributed by atoms with Crippen molar-refractivity contribution in [2.75, 3.05) is 43.4 Å². The van der Waals surface area contributed by atoms with Crippen molar-refractivity contribution in [3.8, 4) is 10.6 Å². The van der Waals surface area contributed by atoms with Crippen molar-refractivity contribution in [3.05, 3.63) is 64.1 Å². The summed E-state index contributed by atoms with van der Waals surface area (Å²) >= 11 is 7.65. The minimum absolute atomic E-state index is 0.153. The predicted molar refractivity (Wildman–Crippen MR) is 121 cm³/mol. The Morgan fingerprint density at radius 3 is 2.55 bits per heavy atom. The Balaban J connectivity index is 1.59. The number of aromatic nitrogens is 1. The van der Waals surface area contributed by atoms with E-state index in [1.54, 1.807) is 0 Å². The van der Waals surface area contributed by atoms with Crippen LogP contribution in [0.3, 0.4) is 0 Å². The number of rotatable bonds is 4. The molecule has 0 bridgehead atoms. The summed E-state index contributed by atoms with van der Waals surface area (Å²) < 4.78 is 0. The SMILES string of the molecule is Cc1nc(-c2ccccc2)sc1C(=O)Nc1cc(Cl)ccc1N1CCN(C)CC1. The highest BCUT2D eigenvalue weighted by molar-refractivity contribution is 7.17. The summed E-state index contributed by atoms with van der Waals surface area (Å²) in [6, 6.07) is 15.6. The van der Waals surface area contributed by atoms with Crippen molar-refractivity contribution >= 4 is 40.2 Å². The van der Waals surface area contributed by atoms with Crippen molar-refractivity contribution in [1.82, 2.24) is 9.88 Å². The Kier molecular flexibility index (Phi) is 5.85. The van der Waals surface area contributed by atoms with Crippen molar-refractivity contribution in [1.29, 1.82) is 0 Å². The molecule has 4 rings (SSSR count). The van der Waals surface area contributed by atoms with Crippen LogP contribution in [0.5, 0.6) is 0 Å². The number of aryl methyl sites for hydroxylation is 1. The summed E-state index contributed by atoms with van der Waals surface area (Å²) in [6.45, 7) is 5.68. The molecular formula is C22H23ClN4OS. The Morgan fingerprint density at radius 2 is 1.83 bits per heavy atom. The fraction of sp³-hybridized carbons (Fsp3) is 0.273. The van der Waals surface area contributed by atoms with E-state index in [0.29, 0.717) is 9.90 Å². The van der Waals surface area contributed by atoms with E-state index in [2.05, 4.69) is 27.1 Å². The minimum atomic E-state index is -0.153. The van der Waals surface area contributed by atoms with Gasteiger partial charge in [0.1, 0.15) is 9.88 Å². The van der Waals surface area contributed by atoms with Crippen LogP contribution < -0.4 is 10.2 Å². The number of likely N-dealkylation sites (N-methyl/N-ethyl adjacent to an activating group) is 1. The molecule has 29 heavy (non-hydrogen) atoms. The number of piperazine rings is 1. The van der Waals surface area contributed by atoms with Gasteiger partial charge in [-0.05, 0) is 32.2 Å². The number of hydrogen-bond donors (Lipinski definition) is 1. The molecule has 1 N–H and O–H groups in total. The lowest BCUT2D eigenvalue weighted by molar-refractivity contribution is 0.103. The first-order valence-corrected chi connectivity index (χ1v) is 10.8. The van der Waals surface area contributed by atoms with Crippen molar-refractivity contribution in [3.63, 3.8) is 0 Å². The number of hydrogen-bond acceptors (Lipinski definition) is 5. The van der Waals surface area contributed by atoms with Gasteiger partial charge in [0.25, 0.3) is 5.91 Å². The average molecular weight is 427 g/mol. The molecule has 7 heteroatoms. The molecule has 150 valence electrons. The lowest BCUT2D eigenvalue weighted by Gasteiger charge is -2.35.